The zero-order valence-corrected chi connectivity index (χ0v) is 11.8. The summed E-state index contributed by atoms with van der Waals surface area (Å²) in [6.07, 6.45) is 6.58. The van der Waals surface area contributed by atoms with E-state index in [4.69, 9.17) is 0 Å². The van der Waals surface area contributed by atoms with E-state index in [0.29, 0.717) is 11.0 Å². The molecule has 1 aromatic rings. The van der Waals surface area contributed by atoms with E-state index < -0.39 is 0 Å². The maximum atomic E-state index is 12.1. The second-order valence-electron chi connectivity index (χ2n) is 5.39. The Morgan fingerprint density at radius 2 is 2.21 bits per heavy atom. The first-order valence-electron chi connectivity index (χ1n) is 7.17. The van der Waals surface area contributed by atoms with Gasteiger partial charge in [0.05, 0.1) is 0 Å². The number of amides is 1. The van der Waals surface area contributed by atoms with Gasteiger partial charge in [-0.1, -0.05) is 13.3 Å². The Balaban J connectivity index is 1.91. The van der Waals surface area contributed by atoms with E-state index in [9.17, 15) is 4.79 Å². The molecule has 0 saturated heterocycles. The molecule has 1 saturated carbocycles. The number of rotatable bonds is 7. The van der Waals surface area contributed by atoms with Crippen LogP contribution in [0, 0.1) is 5.41 Å². The van der Waals surface area contributed by atoms with Crippen molar-refractivity contribution in [3.8, 4) is 0 Å². The number of aromatic nitrogens is 1. The minimum absolute atomic E-state index is 0.00364. The number of pyridine rings is 1. The summed E-state index contributed by atoms with van der Waals surface area (Å²) in [5.74, 6) is 0.758. The highest BCUT2D eigenvalue weighted by Gasteiger charge is 2.41. The number of nitrogens with zero attached hydrogens (tertiary/aromatic N) is 1. The van der Waals surface area contributed by atoms with Crippen LogP contribution in [0.5, 0.6) is 0 Å². The zero-order valence-electron chi connectivity index (χ0n) is 11.8. The van der Waals surface area contributed by atoms with Crippen LogP contribution in [0.2, 0.25) is 0 Å². The molecule has 1 aliphatic carbocycles. The topological polar surface area (TPSA) is 54.0 Å². The molecule has 2 N–H and O–H groups in total. The van der Waals surface area contributed by atoms with Crippen LogP contribution in [0.1, 0.15) is 49.9 Å². The Hall–Kier alpha value is -1.58. The van der Waals surface area contributed by atoms with Crippen LogP contribution >= 0.6 is 0 Å². The van der Waals surface area contributed by atoms with Crippen molar-refractivity contribution in [1.82, 2.24) is 10.3 Å². The Morgan fingerprint density at radius 3 is 2.84 bits per heavy atom. The smallest absolute Gasteiger partial charge is 0.251 e. The molecule has 0 aliphatic heterocycles. The van der Waals surface area contributed by atoms with Crippen LogP contribution in [0.15, 0.2) is 18.3 Å². The molecular weight excluding hydrogens is 238 g/mol. The third-order valence-electron chi connectivity index (χ3n) is 3.74. The van der Waals surface area contributed by atoms with E-state index in [1.165, 1.54) is 25.7 Å². The van der Waals surface area contributed by atoms with E-state index in [1.807, 2.05) is 6.92 Å². The summed E-state index contributed by atoms with van der Waals surface area (Å²) in [5, 5.41) is 6.18. The van der Waals surface area contributed by atoms with E-state index in [-0.39, 0.29) is 5.91 Å². The van der Waals surface area contributed by atoms with Crippen molar-refractivity contribution < 1.29 is 4.79 Å². The fraction of sp³-hybridized carbons (Fsp3) is 0.600. The molecule has 1 amide bonds. The molecular formula is C15H23N3O. The van der Waals surface area contributed by atoms with Crippen molar-refractivity contribution >= 4 is 11.7 Å². The normalized spacial score (nSPS) is 15.9. The Labute approximate surface area is 115 Å². The number of nitrogens with one attached hydrogen (secondary N) is 2. The molecule has 1 aromatic heterocycles. The second-order valence-corrected chi connectivity index (χ2v) is 5.39. The van der Waals surface area contributed by atoms with Crippen LogP contribution in [0.25, 0.3) is 0 Å². The van der Waals surface area contributed by atoms with Crippen molar-refractivity contribution in [2.75, 3.05) is 18.4 Å². The monoisotopic (exact) mass is 261 g/mol. The van der Waals surface area contributed by atoms with Gasteiger partial charge in [-0.15, -0.1) is 0 Å². The highest BCUT2D eigenvalue weighted by Crippen LogP contribution is 2.48. The predicted molar refractivity (Wildman–Crippen MR) is 77.3 cm³/mol. The average Bonchev–Trinajstić information content (AvgIpc) is 3.17. The molecule has 19 heavy (non-hydrogen) atoms. The van der Waals surface area contributed by atoms with E-state index >= 15 is 0 Å². The molecule has 0 aromatic carbocycles. The van der Waals surface area contributed by atoms with Gasteiger partial charge in [-0.3, -0.25) is 4.79 Å². The van der Waals surface area contributed by atoms with Gasteiger partial charge in [0, 0.05) is 24.8 Å². The van der Waals surface area contributed by atoms with Crippen molar-refractivity contribution in [2.24, 2.45) is 5.41 Å². The number of carbonyl (C=O) groups excluding carboxylic acids is 1. The molecule has 4 heteroatoms. The quantitative estimate of drug-likeness (QED) is 0.793. The van der Waals surface area contributed by atoms with Crippen LogP contribution in [-0.2, 0) is 0 Å². The summed E-state index contributed by atoms with van der Waals surface area (Å²) in [4.78, 5) is 16.3. The van der Waals surface area contributed by atoms with Gasteiger partial charge in [-0.2, -0.15) is 0 Å². The van der Waals surface area contributed by atoms with Gasteiger partial charge < -0.3 is 10.6 Å². The molecule has 104 valence electrons. The first-order chi connectivity index (χ1) is 9.19. The van der Waals surface area contributed by atoms with Gasteiger partial charge >= 0.3 is 0 Å². The highest BCUT2D eigenvalue weighted by molar-refractivity contribution is 5.94. The summed E-state index contributed by atoms with van der Waals surface area (Å²) in [6.45, 7) is 5.82. The van der Waals surface area contributed by atoms with Crippen molar-refractivity contribution in [1.29, 1.82) is 0 Å². The molecule has 1 aliphatic rings. The summed E-state index contributed by atoms with van der Waals surface area (Å²) >= 11 is 0. The molecule has 0 atom stereocenters. The summed E-state index contributed by atoms with van der Waals surface area (Å²) in [6, 6.07) is 3.56. The standard InChI is InChI=1S/C15H23N3O/c1-3-6-15(7-8-15)11-18-14(19)12-5-9-17-13(10-12)16-4-2/h5,9-10H,3-4,6-8,11H2,1-2H3,(H,16,17)(H,18,19). The van der Waals surface area contributed by atoms with Crippen LogP contribution in [0.4, 0.5) is 5.82 Å². The molecule has 1 heterocycles. The summed E-state index contributed by atoms with van der Waals surface area (Å²) in [5.41, 5.74) is 1.07. The van der Waals surface area contributed by atoms with Gasteiger partial charge in [0.25, 0.3) is 5.91 Å². The van der Waals surface area contributed by atoms with Crippen LogP contribution in [0.3, 0.4) is 0 Å². The maximum Gasteiger partial charge on any atom is 0.251 e. The highest BCUT2D eigenvalue weighted by atomic mass is 16.1. The third kappa shape index (κ3) is 3.69. The average molecular weight is 261 g/mol. The number of hydrogen-bond acceptors (Lipinski definition) is 3. The lowest BCUT2D eigenvalue weighted by atomic mass is 10.0. The molecule has 0 bridgehead atoms. The zero-order chi connectivity index (χ0) is 13.7. The number of carbonyl (C=O) groups is 1. The van der Waals surface area contributed by atoms with Crippen molar-refractivity contribution in [2.45, 2.75) is 39.5 Å². The Morgan fingerprint density at radius 1 is 1.42 bits per heavy atom. The lowest BCUT2D eigenvalue weighted by Crippen LogP contribution is -2.30. The Kier molecular flexibility index (Phi) is 4.40. The van der Waals surface area contributed by atoms with Gasteiger partial charge in [-0.05, 0) is 43.7 Å². The maximum absolute atomic E-state index is 12.1. The van der Waals surface area contributed by atoms with Crippen molar-refractivity contribution in [3.63, 3.8) is 0 Å². The van der Waals surface area contributed by atoms with Gasteiger partial charge in [-0.25, -0.2) is 4.98 Å². The molecule has 4 nitrogen and oxygen atoms in total. The fourth-order valence-corrected chi connectivity index (χ4v) is 2.44. The molecule has 0 radical (unpaired) electrons. The number of hydrogen-bond donors (Lipinski definition) is 2. The number of anilines is 1. The molecule has 1 fully saturated rings. The van der Waals surface area contributed by atoms with E-state index in [2.05, 4.69) is 22.5 Å². The summed E-state index contributed by atoms with van der Waals surface area (Å²) in [7, 11) is 0. The largest absolute Gasteiger partial charge is 0.370 e. The van der Waals surface area contributed by atoms with Crippen LogP contribution < -0.4 is 10.6 Å². The molecule has 0 unspecified atom stereocenters. The predicted octanol–water partition coefficient (Wildman–Crippen LogP) is 2.82. The first kappa shape index (κ1) is 13.8. The SMILES string of the molecule is CCCC1(CNC(=O)c2ccnc(NCC)c2)CC1. The van der Waals surface area contributed by atoms with Gasteiger partial charge in [0.2, 0.25) is 0 Å². The minimum Gasteiger partial charge on any atom is -0.370 e. The summed E-state index contributed by atoms with van der Waals surface area (Å²) < 4.78 is 0. The fourth-order valence-electron chi connectivity index (χ4n) is 2.44. The minimum atomic E-state index is 0.00364. The molecule has 0 spiro atoms. The van der Waals surface area contributed by atoms with Gasteiger partial charge in [0.1, 0.15) is 5.82 Å². The lowest BCUT2D eigenvalue weighted by molar-refractivity contribution is 0.0943. The van der Waals surface area contributed by atoms with Gasteiger partial charge in [0.15, 0.2) is 0 Å². The van der Waals surface area contributed by atoms with E-state index in [1.54, 1.807) is 18.3 Å². The second kappa shape index (κ2) is 6.04. The van der Waals surface area contributed by atoms with Crippen LogP contribution in [-0.4, -0.2) is 24.0 Å². The first-order valence-corrected chi connectivity index (χ1v) is 7.17. The molecule has 2 rings (SSSR count). The Bertz CT molecular complexity index is 441. The van der Waals surface area contributed by atoms with E-state index in [0.717, 1.165) is 18.9 Å². The lowest BCUT2D eigenvalue weighted by Gasteiger charge is -2.15. The van der Waals surface area contributed by atoms with Crippen molar-refractivity contribution in [3.05, 3.63) is 23.9 Å². The third-order valence-corrected chi connectivity index (χ3v) is 3.74.